The average Bonchev–Trinajstić information content (AvgIpc) is 3.47. The van der Waals surface area contributed by atoms with Gasteiger partial charge in [0.25, 0.3) is 5.88 Å². The van der Waals surface area contributed by atoms with E-state index < -0.39 is 0 Å². The summed E-state index contributed by atoms with van der Waals surface area (Å²) >= 11 is 3.41. The Morgan fingerprint density at radius 3 is 2.18 bits per heavy atom. The number of anilines is 2. The lowest BCUT2D eigenvalue weighted by atomic mass is 9.94. The summed E-state index contributed by atoms with van der Waals surface area (Å²) in [6.45, 7) is 5.76. The molecule has 1 unspecified atom stereocenters. The summed E-state index contributed by atoms with van der Waals surface area (Å²) in [5.74, 6) is 1.98. The summed E-state index contributed by atoms with van der Waals surface area (Å²) in [6, 6.07) is 24.6. The maximum atomic E-state index is 11.5. The van der Waals surface area contributed by atoms with Crippen LogP contribution in [-0.2, 0) is 19.5 Å². The van der Waals surface area contributed by atoms with E-state index in [0.717, 1.165) is 40.2 Å². The minimum atomic E-state index is -0.00169. The van der Waals surface area contributed by atoms with E-state index in [4.69, 9.17) is 9.47 Å². The number of rotatable bonds is 10. The first kappa shape index (κ1) is 26.0. The number of aryl methyl sites for hydroxylation is 1. The SMILES string of the molecule is CC[n+]1c(Nc2ccc(OC)cc2)sc(C(Cc2sc3cc(OC)ccc3[n+]2CC)c2ccccc2)c1O. The molecule has 2 N–H and O–H groups in total. The highest BCUT2D eigenvalue weighted by Gasteiger charge is 2.33. The Kier molecular flexibility index (Phi) is 7.81. The first-order chi connectivity index (χ1) is 18.6. The normalized spacial score (nSPS) is 12.0. The fourth-order valence-corrected chi connectivity index (χ4v) is 7.37. The topological polar surface area (TPSA) is 58.5 Å². The average molecular weight is 548 g/mol. The molecular formula is C30H33N3O3S2+2. The zero-order valence-electron chi connectivity index (χ0n) is 22.1. The number of ether oxygens (including phenoxy) is 2. The molecule has 2 aromatic heterocycles. The van der Waals surface area contributed by atoms with Gasteiger partial charge in [0, 0.05) is 18.1 Å². The van der Waals surface area contributed by atoms with Gasteiger partial charge in [0.1, 0.15) is 33.3 Å². The van der Waals surface area contributed by atoms with Gasteiger partial charge >= 0.3 is 5.13 Å². The van der Waals surface area contributed by atoms with E-state index in [9.17, 15) is 5.11 Å². The smallest absolute Gasteiger partial charge is 0.342 e. The Morgan fingerprint density at radius 2 is 1.53 bits per heavy atom. The predicted octanol–water partition coefficient (Wildman–Crippen LogP) is 6.42. The van der Waals surface area contributed by atoms with Gasteiger partial charge in [0.05, 0.1) is 27.2 Å². The van der Waals surface area contributed by atoms with Crippen LogP contribution in [0, 0.1) is 0 Å². The summed E-state index contributed by atoms with van der Waals surface area (Å²) in [5, 5.41) is 17.2. The molecule has 0 aliphatic heterocycles. The molecule has 0 saturated carbocycles. The summed E-state index contributed by atoms with van der Waals surface area (Å²) in [5.41, 5.74) is 3.33. The van der Waals surface area contributed by atoms with Crippen molar-refractivity contribution in [3.63, 3.8) is 0 Å². The number of aromatic hydroxyl groups is 1. The summed E-state index contributed by atoms with van der Waals surface area (Å²) < 4.78 is 16.3. The molecular weight excluding hydrogens is 514 g/mol. The molecule has 0 spiro atoms. The maximum Gasteiger partial charge on any atom is 0.342 e. The second kappa shape index (κ2) is 11.4. The lowest BCUT2D eigenvalue weighted by Crippen LogP contribution is -2.36. The number of thiazole rings is 2. The Balaban J connectivity index is 1.57. The Morgan fingerprint density at radius 1 is 0.842 bits per heavy atom. The molecule has 0 aliphatic rings. The molecule has 1 atom stereocenters. The van der Waals surface area contributed by atoms with Crippen LogP contribution >= 0.6 is 22.7 Å². The van der Waals surface area contributed by atoms with Crippen LogP contribution < -0.4 is 23.9 Å². The number of benzene rings is 3. The second-order valence-corrected chi connectivity index (χ2v) is 11.1. The van der Waals surface area contributed by atoms with Crippen molar-refractivity contribution in [1.29, 1.82) is 0 Å². The molecule has 2 heterocycles. The van der Waals surface area contributed by atoms with Gasteiger partial charge in [0.2, 0.25) is 10.5 Å². The van der Waals surface area contributed by atoms with Gasteiger partial charge in [-0.15, -0.1) is 0 Å². The quantitative estimate of drug-likeness (QED) is 0.198. The van der Waals surface area contributed by atoms with E-state index in [1.54, 1.807) is 36.9 Å². The maximum absolute atomic E-state index is 11.5. The van der Waals surface area contributed by atoms with Crippen molar-refractivity contribution in [1.82, 2.24) is 0 Å². The molecule has 0 bridgehead atoms. The van der Waals surface area contributed by atoms with Crippen molar-refractivity contribution in [3.8, 4) is 17.4 Å². The zero-order valence-corrected chi connectivity index (χ0v) is 23.7. The molecule has 196 valence electrons. The largest absolute Gasteiger partial charge is 0.497 e. The number of hydrogen-bond donors (Lipinski definition) is 2. The van der Waals surface area contributed by atoms with E-state index in [2.05, 4.69) is 60.1 Å². The molecule has 5 rings (SSSR count). The van der Waals surface area contributed by atoms with E-state index in [-0.39, 0.29) is 5.92 Å². The number of nitrogens with zero attached hydrogens (tertiary/aromatic N) is 2. The van der Waals surface area contributed by atoms with Crippen LogP contribution in [-0.4, -0.2) is 19.3 Å². The third-order valence-corrected chi connectivity index (χ3v) is 9.16. The van der Waals surface area contributed by atoms with Crippen LogP contribution in [0.5, 0.6) is 17.4 Å². The van der Waals surface area contributed by atoms with Crippen molar-refractivity contribution < 1.29 is 23.7 Å². The first-order valence-corrected chi connectivity index (χ1v) is 14.4. The van der Waals surface area contributed by atoms with Gasteiger partial charge < -0.3 is 14.6 Å². The molecule has 0 fully saturated rings. The minimum Gasteiger partial charge on any atom is -0.497 e. The number of fused-ring (bicyclic) bond motifs is 1. The predicted molar refractivity (Wildman–Crippen MR) is 154 cm³/mol. The third kappa shape index (κ3) is 5.06. The highest BCUT2D eigenvalue weighted by molar-refractivity contribution is 7.18. The number of methoxy groups -OCH3 is 2. The minimum absolute atomic E-state index is 0.00169. The Labute approximate surface area is 231 Å². The molecule has 3 aromatic carbocycles. The molecule has 5 aromatic rings. The van der Waals surface area contributed by atoms with Gasteiger partial charge in [0.15, 0.2) is 0 Å². The van der Waals surface area contributed by atoms with Gasteiger partial charge in [-0.3, -0.25) is 0 Å². The summed E-state index contributed by atoms with van der Waals surface area (Å²) in [6.07, 6.45) is 0.777. The fraction of sp³-hybridized carbons (Fsp3) is 0.267. The molecule has 0 saturated heterocycles. The highest BCUT2D eigenvalue weighted by Crippen LogP contribution is 2.40. The van der Waals surface area contributed by atoms with E-state index in [1.807, 2.05) is 41.0 Å². The zero-order chi connectivity index (χ0) is 26.6. The third-order valence-electron chi connectivity index (χ3n) is 6.79. The molecule has 8 heteroatoms. The monoisotopic (exact) mass is 547 g/mol. The van der Waals surface area contributed by atoms with Crippen molar-refractivity contribution in [3.05, 3.63) is 88.2 Å². The number of hydrogen-bond acceptors (Lipinski definition) is 6. The van der Waals surface area contributed by atoms with Crippen LogP contribution in [0.3, 0.4) is 0 Å². The van der Waals surface area contributed by atoms with Crippen molar-refractivity contribution in [2.75, 3.05) is 19.5 Å². The number of nitrogens with one attached hydrogen (secondary N) is 1. The fourth-order valence-electron chi connectivity index (χ4n) is 4.81. The van der Waals surface area contributed by atoms with Gasteiger partial charge in [-0.2, -0.15) is 9.13 Å². The summed E-state index contributed by atoms with van der Waals surface area (Å²) in [7, 11) is 3.37. The van der Waals surface area contributed by atoms with Crippen LogP contribution in [0.25, 0.3) is 10.2 Å². The Hall–Kier alpha value is -3.62. The van der Waals surface area contributed by atoms with Crippen LogP contribution in [0.2, 0.25) is 0 Å². The standard InChI is InChI=1S/C30H31N3O3S2/c1-5-32-25-17-16-23(36-4)18-26(25)37-27(32)19-24(20-10-8-7-9-11-20)28-29(34)33(6-2)30(38-28)31-21-12-14-22(35-3)15-13-21/h7-18,24H,5-6,19H2,1-4H3/p+2. The lowest BCUT2D eigenvalue weighted by molar-refractivity contribution is -0.681. The molecule has 0 aliphatic carbocycles. The van der Waals surface area contributed by atoms with Gasteiger partial charge in [-0.25, -0.2) is 5.32 Å². The van der Waals surface area contributed by atoms with Crippen molar-refractivity contribution in [2.24, 2.45) is 0 Å². The van der Waals surface area contributed by atoms with Gasteiger partial charge in [-0.1, -0.05) is 41.7 Å². The molecule has 0 amide bonds. The van der Waals surface area contributed by atoms with Crippen molar-refractivity contribution in [2.45, 2.75) is 39.3 Å². The van der Waals surface area contributed by atoms with E-state index in [1.165, 1.54) is 20.8 Å². The van der Waals surface area contributed by atoms with E-state index >= 15 is 0 Å². The van der Waals surface area contributed by atoms with Crippen LogP contribution in [0.15, 0.2) is 72.8 Å². The molecule has 38 heavy (non-hydrogen) atoms. The molecule has 0 radical (unpaired) electrons. The Bertz CT molecular complexity index is 1530. The highest BCUT2D eigenvalue weighted by atomic mass is 32.1. The van der Waals surface area contributed by atoms with Crippen LogP contribution in [0.1, 0.15) is 35.2 Å². The summed E-state index contributed by atoms with van der Waals surface area (Å²) in [4.78, 5) is 0.951. The number of aromatic nitrogens is 2. The van der Waals surface area contributed by atoms with Crippen LogP contribution in [0.4, 0.5) is 10.8 Å². The van der Waals surface area contributed by atoms with E-state index in [0.29, 0.717) is 12.4 Å². The van der Waals surface area contributed by atoms with Crippen molar-refractivity contribution >= 4 is 43.7 Å². The first-order valence-electron chi connectivity index (χ1n) is 12.8. The molecule has 6 nitrogen and oxygen atoms in total. The van der Waals surface area contributed by atoms with Gasteiger partial charge in [-0.05, 0) is 61.1 Å². The second-order valence-electron chi connectivity index (χ2n) is 8.93. The lowest BCUT2D eigenvalue weighted by Gasteiger charge is -2.13.